The van der Waals surface area contributed by atoms with Gasteiger partial charge in [0.25, 0.3) is 0 Å². The maximum Gasteiger partial charge on any atom is 0.138 e. The fourth-order valence-corrected chi connectivity index (χ4v) is 7.68. The van der Waals surface area contributed by atoms with E-state index in [4.69, 9.17) is 15.0 Å². The molecule has 1 aliphatic rings. The number of aromatic nitrogens is 4. The maximum atomic E-state index is 5.29. The van der Waals surface area contributed by atoms with Crippen molar-refractivity contribution in [3.8, 4) is 51.0 Å². The number of hydrogen-bond donors (Lipinski definition) is 1. The van der Waals surface area contributed by atoms with Crippen LogP contribution in [-0.2, 0) is 6.54 Å². The summed E-state index contributed by atoms with van der Waals surface area (Å²) < 4.78 is 2.25. The van der Waals surface area contributed by atoms with E-state index in [0.29, 0.717) is 0 Å². The molecule has 0 aliphatic carbocycles. The van der Waals surface area contributed by atoms with Crippen LogP contribution in [0.2, 0.25) is 0 Å². The molecule has 4 aromatic heterocycles. The van der Waals surface area contributed by atoms with Crippen LogP contribution in [0.1, 0.15) is 11.3 Å². The minimum Gasteiger partial charge on any atom is -0.387 e. The molecule has 0 spiro atoms. The Morgan fingerprint density at radius 2 is 0.941 bits per heavy atom. The molecule has 10 rings (SSSR count). The molecule has 5 heteroatoms. The van der Waals surface area contributed by atoms with Crippen LogP contribution in [0.15, 0.2) is 164 Å². The van der Waals surface area contributed by atoms with E-state index in [1.165, 1.54) is 43.6 Å². The third-order valence-electron chi connectivity index (χ3n) is 9.89. The highest BCUT2D eigenvalue weighted by Gasteiger charge is 2.20. The van der Waals surface area contributed by atoms with Gasteiger partial charge in [-0.1, -0.05) is 115 Å². The summed E-state index contributed by atoms with van der Waals surface area (Å²) in [5.74, 6) is 0.863. The van der Waals surface area contributed by atoms with Gasteiger partial charge in [0.05, 0.1) is 39.7 Å². The van der Waals surface area contributed by atoms with Crippen molar-refractivity contribution in [3.05, 3.63) is 175 Å². The zero-order chi connectivity index (χ0) is 33.7. The molecule has 5 aromatic carbocycles. The molecule has 0 radical (unpaired) electrons. The van der Waals surface area contributed by atoms with Gasteiger partial charge in [0.2, 0.25) is 0 Å². The number of benzene rings is 5. The summed E-state index contributed by atoms with van der Waals surface area (Å²) >= 11 is 0. The topological polar surface area (TPSA) is 55.6 Å². The number of nitrogens with zero attached hydrogens (tertiary/aromatic N) is 4. The van der Waals surface area contributed by atoms with Crippen molar-refractivity contribution < 1.29 is 0 Å². The predicted octanol–water partition coefficient (Wildman–Crippen LogP) is 10.9. The smallest absolute Gasteiger partial charge is 0.138 e. The summed E-state index contributed by atoms with van der Waals surface area (Å²) in [5.41, 5.74) is 11.3. The monoisotopic (exact) mass is 653 g/mol. The largest absolute Gasteiger partial charge is 0.387 e. The first-order valence-corrected chi connectivity index (χ1v) is 17.3. The second kappa shape index (κ2) is 11.9. The average Bonchev–Trinajstić information content (AvgIpc) is 3.55. The lowest BCUT2D eigenvalue weighted by molar-refractivity contribution is 0.852. The standard InChI is InChI=1S/C46H31N5/c1-2-13-30(14-3-1)45-32-16-4-6-18-34(32)46(35-19-7-5-17-33(35)45)41-24-11-22-38(49-41)37-20-10-21-39(48-37)40-23-12-26-44(50-40)51-42-25-9-8-15-31(42)36-29-47-28-27-43(36)51/h1-28,47H,29H2. The van der Waals surface area contributed by atoms with E-state index in [-0.39, 0.29) is 0 Å². The molecule has 51 heavy (non-hydrogen) atoms. The van der Waals surface area contributed by atoms with Crippen molar-refractivity contribution in [3.63, 3.8) is 0 Å². The van der Waals surface area contributed by atoms with E-state index in [1.54, 1.807) is 0 Å². The first-order valence-electron chi connectivity index (χ1n) is 17.3. The zero-order valence-electron chi connectivity index (χ0n) is 27.7. The molecule has 0 unspecified atom stereocenters. The summed E-state index contributed by atoms with van der Waals surface area (Å²) in [7, 11) is 0. The number of hydrogen-bond acceptors (Lipinski definition) is 4. The van der Waals surface area contributed by atoms with Crippen LogP contribution in [0.3, 0.4) is 0 Å². The maximum absolute atomic E-state index is 5.29. The number of fused-ring (bicyclic) bond motifs is 5. The van der Waals surface area contributed by atoms with Crippen molar-refractivity contribution in [2.75, 3.05) is 0 Å². The summed E-state index contributed by atoms with van der Waals surface area (Å²) in [5, 5.41) is 9.36. The lowest BCUT2D eigenvalue weighted by atomic mass is 9.87. The van der Waals surface area contributed by atoms with Crippen molar-refractivity contribution in [2.24, 2.45) is 0 Å². The molecular weight excluding hydrogens is 623 g/mol. The van der Waals surface area contributed by atoms with E-state index < -0.39 is 0 Å². The Bertz CT molecular complexity index is 2760. The van der Waals surface area contributed by atoms with Crippen molar-refractivity contribution >= 4 is 38.5 Å². The fourth-order valence-electron chi connectivity index (χ4n) is 7.68. The zero-order valence-corrected chi connectivity index (χ0v) is 27.7. The van der Waals surface area contributed by atoms with E-state index in [0.717, 1.165) is 57.6 Å². The molecule has 0 bridgehead atoms. The number of pyridine rings is 3. The van der Waals surface area contributed by atoms with Gasteiger partial charge < -0.3 is 5.32 Å². The Kier molecular flexibility index (Phi) is 6.81. The molecule has 0 fully saturated rings. The molecule has 240 valence electrons. The highest BCUT2D eigenvalue weighted by Crippen LogP contribution is 2.43. The lowest BCUT2D eigenvalue weighted by Crippen LogP contribution is -2.11. The molecule has 5 nitrogen and oxygen atoms in total. The summed E-state index contributed by atoms with van der Waals surface area (Å²) in [6.45, 7) is 0.789. The summed E-state index contributed by atoms with van der Waals surface area (Å²) in [6.07, 6.45) is 4.14. The van der Waals surface area contributed by atoms with E-state index in [9.17, 15) is 0 Å². The normalized spacial score (nSPS) is 12.3. The minimum atomic E-state index is 0.789. The Balaban J connectivity index is 1.09. The summed E-state index contributed by atoms with van der Waals surface area (Å²) in [4.78, 5) is 15.6. The van der Waals surface area contributed by atoms with Crippen LogP contribution in [0.5, 0.6) is 0 Å². The molecule has 9 aromatic rings. The van der Waals surface area contributed by atoms with E-state index in [1.807, 2.05) is 36.5 Å². The van der Waals surface area contributed by atoms with Gasteiger partial charge >= 0.3 is 0 Å². The van der Waals surface area contributed by atoms with Gasteiger partial charge in [-0.05, 0) is 87.4 Å². The SMILES string of the molecule is C1=Cc2c(c3ccccc3n2-c2cccc(-c3cccc(-c4cccc(-c5c6ccccc6c(-c6ccccc6)c6ccccc56)n4)n3)n2)CN1. The van der Waals surface area contributed by atoms with Gasteiger partial charge in [-0.3, -0.25) is 4.57 Å². The molecular formula is C46H31N5. The van der Waals surface area contributed by atoms with Crippen LogP contribution < -0.4 is 5.32 Å². The number of rotatable bonds is 5. The number of para-hydroxylation sites is 1. The summed E-state index contributed by atoms with van der Waals surface area (Å²) in [6, 6.07) is 55.0. The van der Waals surface area contributed by atoms with Gasteiger partial charge in [0, 0.05) is 23.1 Å². The Labute approximate surface area is 295 Å². The van der Waals surface area contributed by atoms with E-state index in [2.05, 4.69) is 143 Å². The Morgan fingerprint density at radius 3 is 1.61 bits per heavy atom. The fraction of sp³-hybridized carbons (Fsp3) is 0.0217. The molecule has 1 aliphatic heterocycles. The highest BCUT2D eigenvalue weighted by molar-refractivity contribution is 6.21. The van der Waals surface area contributed by atoms with Gasteiger partial charge in [-0.2, -0.15) is 0 Å². The van der Waals surface area contributed by atoms with Gasteiger partial charge in [-0.15, -0.1) is 0 Å². The van der Waals surface area contributed by atoms with E-state index >= 15 is 0 Å². The van der Waals surface area contributed by atoms with Gasteiger partial charge in [0.1, 0.15) is 5.82 Å². The van der Waals surface area contributed by atoms with Crippen LogP contribution in [0.25, 0.3) is 89.5 Å². The Morgan fingerprint density at radius 1 is 0.431 bits per heavy atom. The van der Waals surface area contributed by atoms with Crippen molar-refractivity contribution in [1.29, 1.82) is 0 Å². The molecule has 1 N–H and O–H groups in total. The van der Waals surface area contributed by atoms with Crippen LogP contribution >= 0.6 is 0 Å². The minimum absolute atomic E-state index is 0.789. The van der Waals surface area contributed by atoms with Crippen molar-refractivity contribution in [2.45, 2.75) is 6.54 Å². The van der Waals surface area contributed by atoms with Crippen LogP contribution in [0.4, 0.5) is 0 Å². The quantitative estimate of drug-likeness (QED) is 0.188. The predicted molar refractivity (Wildman–Crippen MR) is 209 cm³/mol. The van der Waals surface area contributed by atoms with Crippen LogP contribution in [0, 0.1) is 0 Å². The average molecular weight is 654 g/mol. The molecule has 0 amide bonds. The third-order valence-corrected chi connectivity index (χ3v) is 9.89. The van der Waals surface area contributed by atoms with Crippen molar-refractivity contribution in [1.82, 2.24) is 24.8 Å². The van der Waals surface area contributed by atoms with Gasteiger partial charge in [-0.25, -0.2) is 15.0 Å². The van der Waals surface area contributed by atoms with Gasteiger partial charge in [0.15, 0.2) is 0 Å². The number of nitrogens with one attached hydrogen (secondary N) is 1. The first-order chi connectivity index (χ1) is 25.3. The lowest BCUT2D eigenvalue weighted by Gasteiger charge is -2.17. The second-order valence-corrected chi connectivity index (χ2v) is 12.8. The molecule has 5 heterocycles. The third kappa shape index (κ3) is 4.82. The second-order valence-electron chi connectivity index (χ2n) is 12.8. The molecule has 0 atom stereocenters. The Hall–Kier alpha value is -6.85. The first kappa shape index (κ1) is 29.1. The highest BCUT2D eigenvalue weighted by atomic mass is 15.1. The van der Waals surface area contributed by atoms with Crippen LogP contribution in [-0.4, -0.2) is 19.5 Å². The molecule has 0 saturated heterocycles. The molecule has 0 saturated carbocycles.